The molecule has 11 heteroatoms. The number of carbonyl (C=O) groups is 1. The van der Waals surface area contributed by atoms with E-state index in [1.165, 1.54) is 44.7 Å². The summed E-state index contributed by atoms with van der Waals surface area (Å²) >= 11 is 0. The number of carbonyl (C=O) groups excluding carboxylic acids is 1. The van der Waals surface area contributed by atoms with Gasteiger partial charge >= 0.3 is 0 Å². The van der Waals surface area contributed by atoms with Crippen LogP contribution in [-0.2, 0) is 6.54 Å². The van der Waals surface area contributed by atoms with Crippen molar-refractivity contribution in [3.63, 3.8) is 0 Å². The maximum atomic E-state index is 13.8. The molecule has 1 N–H and O–H groups in total. The molecule has 0 radical (unpaired) electrons. The molecule has 0 atom stereocenters. The topological polar surface area (TPSA) is 65.4 Å². The van der Waals surface area contributed by atoms with Gasteiger partial charge in [0, 0.05) is 17.8 Å². The summed E-state index contributed by atoms with van der Waals surface area (Å²) in [5.74, 6) is -10.1. The van der Waals surface area contributed by atoms with Gasteiger partial charge in [-0.15, -0.1) is 0 Å². The predicted octanol–water partition coefficient (Wildman–Crippen LogP) is 3.90. The Morgan fingerprint density at radius 2 is 1.53 bits per heavy atom. The highest BCUT2D eigenvalue weighted by Gasteiger charge is 2.26. The number of methoxy groups -OCH3 is 2. The van der Waals surface area contributed by atoms with E-state index in [2.05, 4.69) is 10.4 Å². The first-order valence-corrected chi connectivity index (χ1v) is 8.34. The van der Waals surface area contributed by atoms with Crippen LogP contribution in [0, 0.1) is 29.1 Å². The Bertz CT molecular complexity index is 1090. The number of hydrogen-bond acceptors (Lipinski definition) is 4. The molecule has 0 saturated carbocycles. The van der Waals surface area contributed by atoms with E-state index in [0.29, 0.717) is 11.5 Å². The zero-order valence-corrected chi connectivity index (χ0v) is 15.6. The largest absolute Gasteiger partial charge is 0.493 e. The molecule has 0 saturated heterocycles. The number of nitrogens with zero attached hydrogens (tertiary/aromatic N) is 2. The van der Waals surface area contributed by atoms with Gasteiger partial charge in [-0.3, -0.25) is 9.48 Å². The molecule has 0 fully saturated rings. The standard InChI is InChI=1S/C19H14F5N3O3/c1-29-11-4-3-9(7-12(11)30-2)19(28)25-13-5-6-27(26-13)8-10-14(20)16(22)18(24)17(23)15(10)21/h3-7H,8H2,1-2H3,(H,25,26,28). The van der Waals surface area contributed by atoms with Crippen molar-refractivity contribution < 1.29 is 36.2 Å². The molecule has 1 aromatic heterocycles. The summed E-state index contributed by atoms with van der Waals surface area (Å²) in [6.07, 6.45) is 1.21. The molecule has 6 nitrogen and oxygen atoms in total. The zero-order chi connectivity index (χ0) is 22.0. The SMILES string of the molecule is COc1ccc(C(=O)Nc2ccn(Cc3c(F)c(F)c(F)c(F)c3F)n2)cc1OC. The van der Waals surface area contributed by atoms with E-state index in [-0.39, 0.29) is 11.4 Å². The summed E-state index contributed by atoms with van der Waals surface area (Å²) < 4.78 is 78.5. The molecule has 0 spiro atoms. The lowest BCUT2D eigenvalue weighted by atomic mass is 10.1. The van der Waals surface area contributed by atoms with Crippen LogP contribution in [0.5, 0.6) is 11.5 Å². The van der Waals surface area contributed by atoms with Crippen LogP contribution in [0.25, 0.3) is 0 Å². The van der Waals surface area contributed by atoms with Gasteiger partial charge in [0.05, 0.1) is 26.3 Å². The van der Waals surface area contributed by atoms with Crippen LogP contribution >= 0.6 is 0 Å². The van der Waals surface area contributed by atoms with Gasteiger partial charge in [-0.05, 0) is 18.2 Å². The van der Waals surface area contributed by atoms with Crippen LogP contribution in [0.1, 0.15) is 15.9 Å². The molecule has 0 aliphatic carbocycles. The number of benzene rings is 2. The molecule has 0 bridgehead atoms. The highest BCUT2D eigenvalue weighted by Crippen LogP contribution is 2.28. The molecule has 3 aromatic rings. The first-order valence-electron chi connectivity index (χ1n) is 8.34. The molecule has 0 unspecified atom stereocenters. The Kier molecular flexibility index (Phi) is 5.90. The lowest BCUT2D eigenvalue weighted by Gasteiger charge is -2.09. The fraction of sp³-hybridized carbons (Fsp3) is 0.158. The molecule has 3 rings (SSSR count). The third-order valence-corrected chi connectivity index (χ3v) is 4.15. The highest BCUT2D eigenvalue weighted by molar-refractivity contribution is 6.04. The number of rotatable bonds is 6. The van der Waals surface area contributed by atoms with E-state index in [1.54, 1.807) is 0 Å². The minimum absolute atomic E-state index is 0.00124. The normalized spacial score (nSPS) is 10.8. The second kappa shape index (κ2) is 8.39. The average Bonchev–Trinajstić information content (AvgIpc) is 3.20. The van der Waals surface area contributed by atoms with Crippen LogP contribution in [0.3, 0.4) is 0 Å². The Balaban J connectivity index is 1.79. The fourth-order valence-corrected chi connectivity index (χ4v) is 2.63. The van der Waals surface area contributed by atoms with E-state index >= 15 is 0 Å². The number of anilines is 1. The van der Waals surface area contributed by atoms with Crippen molar-refractivity contribution in [2.75, 3.05) is 19.5 Å². The van der Waals surface area contributed by atoms with Crippen LogP contribution in [0.4, 0.5) is 27.8 Å². The van der Waals surface area contributed by atoms with Crippen molar-refractivity contribution in [1.82, 2.24) is 9.78 Å². The van der Waals surface area contributed by atoms with Gasteiger partial charge in [-0.1, -0.05) is 0 Å². The molecule has 0 aliphatic rings. The number of ether oxygens (including phenoxy) is 2. The minimum atomic E-state index is -2.24. The molecular formula is C19H14F5N3O3. The third-order valence-electron chi connectivity index (χ3n) is 4.15. The number of halogens is 5. The summed E-state index contributed by atoms with van der Waals surface area (Å²) in [6, 6.07) is 5.72. The maximum Gasteiger partial charge on any atom is 0.257 e. The van der Waals surface area contributed by atoms with Crippen molar-refractivity contribution in [2.24, 2.45) is 0 Å². The quantitative estimate of drug-likeness (QED) is 0.368. The van der Waals surface area contributed by atoms with Crippen LogP contribution in [0.2, 0.25) is 0 Å². The van der Waals surface area contributed by atoms with Crippen molar-refractivity contribution >= 4 is 11.7 Å². The summed E-state index contributed by atoms with van der Waals surface area (Å²) in [6.45, 7) is -0.738. The molecule has 1 heterocycles. The van der Waals surface area contributed by atoms with Gasteiger partial charge in [0.25, 0.3) is 5.91 Å². The number of aromatic nitrogens is 2. The molecule has 30 heavy (non-hydrogen) atoms. The van der Waals surface area contributed by atoms with E-state index in [1.807, 2.05) is 0 Å². The van der Waals surface area contributed by atoms with Crippen molar-refractivity contribution in [1.29, 1.82) is 0 Å². The van der Waals surface area contributed by atoms with Crippen LogP contribution < -0.4 is 14.8 Å². The summed E-state index contributed by atoms with van der Waals surface area (Å²) in [7, 11) is 2.84. The Hall–Kier alpha value is -3.63. The van der Waals surface area contributed by atoms with E-state index in [9.17, 15) is 26.7 Å². The molecule has 1 amide bonds. The second-order valence-corrected chi connectivity index (χ2v) is 5.97. The molecule has 0 aliphatic heterocycles. The lowest BCUT2D eigenvalue weighted by molar-refractivity contribution is 0.102. The monoisotopic (exact) mass is 427 g/mol. The third kappa shape index (κ3) is 3.91. The number of amides is 1. The van der Waals surface area contributed by atoms with Crippen molar-refractivity contribution in [3.05, 3.63) is 70.7 Å². The summed E-state index contributed by atoms with van der Waals surface area (Å²) in [5, 5.41) is 6.32. The number of hydrogen-bond donors (Lipinski definition) is 1. The smallest absolute Gasteiger partial charge is 0.257 e. The Labute approximate surface area is 166 Å². The molecule has 158 valence electrons. The minimum Gasteiger partial charge on any atom is -0.493 e. The van der Waals surface area contributed by atoms with E-state index in [0.717, 1.165) is 4.68 Å². The second-order valence-electron chi connectivity index (χ2n) is 5.97. The Morgan fingerprint density at radius 1 is 0.933 bits per heavy atom. The molecule has 2 aromatic carbocycles. The number of nitrogens with one attached hydrogen (secondary N) is 1. The zero-order valence-electron chi connectivity index (χ0n) is 15.6. The van der Waals surface area contributed by atoms with Gasteiger partial charge in [0.2, 0.25) is 5.82 Å². The van der Waals surface area contributed by atoms with Gasteiger partial charge in [-0.2, -0.15) is 5.10 Å². The van der Waals surface area contributed by atoms with Crippen LogP contribution in [-0.4, -0.2) is 29.9 Å². The van der Waals surface area contributed by atoms with Crippen molar-refractivity contribution in [2.45, 2.75) is 6.54 Å². The lowest BCUT2D eigenvalue weighted by Crippen LogP contribution is -2.14. The van der Waals surface area contributed by atoms with E-state index < -0.39 is 47.1 Å². The highest BCUT2D eigenvalue weighted by atomic mass is 19.2. The van der Waals surface area contributed by atoms with Crippen LogP contribution in [0.15, 0.2) is 30.5 Å². The first kappa shape index (κ1) is 21.1. The van der Waals surface area contributed by atoms with E-state index in [4.69, 9.17) is 9.47 Å². The average molecular weight is 427 g/mol. The van der Waals surface area contributed by atoms with Gasteiger partial charge in [-0.25, -0.2) is 22.0 Å². The predicted molar refractivity (Wildman–Crippen MR) is 95.1 cm³/mol. The summed E-state index contributed by atoms with van der Waals surface area (Å²) in [5.41, 5.74) is -0.839. The summed E-state index contributed by atoms with van der Waals surface area (Å²) in [4.78, 5) is 12.4. The molecular weight excluding hydrogens is 413 g/mol. The van der Waals surface area contributed by atoms with Gasteiger partial charge in [0.1, 0.15) is 0 Å². The fourth-order valence-electron chi connectivity index (χ4n) is 2.63. The van der Waals surface area contributed by atoms with Crippen molar-refractivity contribution in [3.8, 4) is 11.5 Å². The maximum absolute atomic E-state index is 13.8. The van der Waals surface area contributed by atoms with Gasteiger partial charge in [0.15, 0.2) is 40.6 Å². The van der Waals surface area contributed by atoms with Gasteiger partial charge < -0.3 is 14.8 Å². The first-order chi connectivity index (χ1) is 14.3. The Morgan fingerprint density at radius 3 is 2.13 bits per heavy atom.